The van der Waals surface area contributed by atoms with Gasteiger partial charge in [0.15, 0.2) is 0 Å². The molecule has 0 aromatic rings. The molecular weight excluding hydrogens is 558 g/mol. The zero-order valence-corrected chi connectivity index (χ0v) is 25.6. The van der Waals surface area contributed by atoms with Gasteiger partial charge in [-0.3, -0.25) is 0 Å². The van der Waals surface area contributed by atoms with Gasteiger partial charge in [0, 0.05) is 0 Å². The molecule has 27 heavy (non-hydrogen) atoms. The average molecular weight is 602 g/mol. The SMILES string of the molecule is CC(C)(C)[O][Sn][O]CCC[CH2][Sn]([O]C(C)(C)C)([O]C(C)(C)C)[O]C(C)(C)C. The summed E-state index contributed by atoms with van der Waals surface area (Å²) in [6, 6.07) is 0. The summed E-state index contributed by atoms with van der Waals surface area (Å²) in [5, 5.41) is 0. The Hall–Kier alpha value is 1.40. The van der Waals surface area contributed by atoms with Crippen LogP contribution in [-0.2, 0) is 15.4 Å². The van der Waals surface area contributed by atoms with Gasteiger partial charge >= 0.3 is 186 Å². The molecule has 0 heterocycles. The number of hydrogen-bond acceptors (Lipinski definition) is 5. The summed E-state index contributed by atoms with van der Waals surface area (Å²) in [5.41, 5.74) is -0.978. The van der Waals surface area contributed by atoms with E-state index in [1.54, 1.807) is 0 Å². The molecule has 0 rings (SSSR count). The van der Waals surface area contributed by atoms with Crippen molar-refractivity contribution >= 4 is 41.6 Å². The summed E-state index contributed by atoms with van der Waals surface area (Å²) in [7, 11) is 0. The van der Waals surface area contributed by atoms with Gasteiger partial charge < -0.3 is 0 Å². The summed E-state index contributed by atoms with van der Waals surface area (Å²) >= 11 is -4.98. The Labute approximate surface area is 185 Å². The van der Waals surface area contributed by atoms with Crippen LogP contribution in [0, 0.1) is 0 Å². The zero-order chi connectivity index (χ0) is 21.6. The fourth-order valence-electron chi connectivity index (χ4n) is 2.33. The Kier molecular flexibility index (Phi) is 11.7. The van der Waals surface area contributed by atoms with E-state index in [-0.39, 0.29) is 22.4 Å². The first-order valence-electron chi connectivity index (χ1n) is 9.98. The van der Waals surface area contributed by atoms with Crippen LogP contribution in [0.3, 0.4) is 0 Å². The fraction of sp³-hybridized carbons (Fsp3) is 1.00. The van der Waals surface area contributed by atoms with Crippen LogP contribution >= 0.6 is 0 Å². The summed E-state index contributed by atoms with van der Waals surface area (Å²) in [6.07, 6.45) is 1.95. The molecule has 0 atom stereocenters. The topological polar surface area (TPSA) is 46.2 Å². The van der Waals surface area contributed by atoms with Crippen LogP contribution in [0.2, 0.25) is 4.44 Å². The molecule has 0 aromatic carbocycles. The van der Waals surface area contributed by atoms with Crippen LogP contribution in [0.4, 0.5) is 0 Å². The van der Waals surface area contributed by atoms with Crippen molar-refractivity contribution in [1.82, 2.24) is 0 Å². The second-order valence-corrected chi connectivity index (χ2v) is 19.9. The van der Waals surface area contributed by atoms with Gasteiger partial charge in [0.05, 0.1) is 0 Å². The van der Waals surface area contributed by atoms with E-state index in [9.17, 15) is 0 Å². The van der Waals surface area contributed by atoms with Crippen molar-refractivity contribution in [2.24, 2.45) is 0 Å². The molecule has 0 bridgehead atoms. The van der Waals surface area contributed by atoms with Crippen LogP contribution in [0.15, 0.2) is 0 Å². The van der Waals surface area contributed by atoms with Crippen LogP contribution in [0.25, 0.3) is 0 Å². The van der Waals surface area contributed by atoms with Crippen molar-refractivity contribution in [3.63, 3.8) is 0 Å². The van der Waals surface area contributed by atoms with E-state index in [1.807, 2.05) is 0 Å². The molecule has 0 fully saturated rings. The van der Waals surface area contributed by atoms with E-state index in [2.05, 4.69) is 83.1 Å². The molecule has 5 nitrogen and oxygen atoms in total. The standard InChI is InChI=1S/4C4H9O.C4H8O.2Sn/c4*1-4(2,3)5;1-2-3-4-5;;/h4*1-3H3;1-4H2;;/q5*-1;+2;+3. The number of unbranched alkanes of at least 4 members (excludes halogenated alkanes) is 1. The van der Waals surface area contributed by atoms with Crippen LogP contribution in [0.5, 0.6) is 0 Å². The molecule has 0 aliphatic carbocycles. The second-order valence-electron chi connectivity index (χ2n) is 10.9. The molecule has 0 amide bonds. The third-order valence-corrected chi connectivity index (χ3v) is 16.3. The normalized spacial score (nSPS) is 14.7. The summed E-state index contributed by atoms with van der Waals surface area (Å²) in [5.74, 6) is 0. The Balaban J connectivity index is 4.91. The van der Waals surface area contributed by atoms with Gasteiger partial charge in [0.25, 0.3) is 0 Å². The van der Waals surface area contributed by atoms with Crippen molar-refractivity contribution in [3.8, 4) is 0 Å². The van der Waals surface area contributed by atoms with Gasteiger partial charge in [0.2, 0.25) is 0 Å². The van der Waals surface area contributed by atoms with Gasteiger partial charge in [-0.2, -0.15) is 0 Å². The third-order valence-electron chi connectivity index (χ3n) is 2.77. The van der Waals surface area contributed by atoms with Crippen molar-refractivity contribution in [3.05, 3.63) is 0 Å². The minimum absolute atomic E-state index is 0.0978. The van der Waals surface area contributed by atoms with Crippen molar-refractivity contribution < 1.29 is 15.4 Å². The van der Waals surface area contributed by atoms with Crippen LogP contribution < -0.4 is 0 Å². The third kappa shape index (κ3) is 17.9. The Morgan fingerprint density at radius 3 is 1.33 bits per heavy atom. The van der Waals surface area contributed by atoms with Crippen molar-refractivity contribution in [1.29, 1.82) is 0 Å². The molecule has 162 valence electrons. The molecule has 7 heteroatoms. The van der Waals surface area contributed by atoms with Crippen LogP contribution in [0.1, 0.15) is 95.9 Å². The second kappa shape index (κ2) is 11.1. The minimum atomic E-state index is -3.79. The zero-order valence-electron chi connectivity index (χ0n) is 19.9. The van der Waals surface area contributed by atoms with Gasteiger partial charge in [0.1, 0.15) is 0 Å². The first kappa shape index (κ1) is 28.4. The first-order chi connectivity index (χ1) is 11.8. The molecule has 0 spiro atoms. The molecule has 0 saturated carbocycles. The molecule has 0 aliphatic rings. The monoisotopic (exact) mass is 604 g/mol. The van der Waals surface area contributed by atoms with Crippen molar-refractivity contribution in [2.75, 3.05) is 6.61 Å². The molecule has 0 unspecified atom stereocenters. The summed E-state index contributed by atoms with van der Waals surface area (Å²) in [6.45, 7) is 25.7. The molecule has 0 aliphatic heterocycles. The van der Waals surface area contributed by atoms with E-state index >= 15 is 0 Å². The van der Waals surface area contributed by atoms with Gasteiger partial charge in [-0.1, -0.05) is 0 Å². The maximum atomic E-state index is 6.56. The van der Waals surface area contributed by atoms with Gasteiger partial charge in [-0.25, -0.2) is 0 Å². The van der Waals surface area contributed by atoms with E-state index < -0.39 is 41.6 Å². The quantitative estimate of drug-likeness (QED) is 0.244. The molecule has 2 radical (unpaired) electrons. The van der Waals surface area contributed by atoms with E-state index in [1.165, 1.54) is 0 Å². The first-order valence-corrected chi connectivity index (χ1v) is 17.8. The van der Waals surface area contributed by atoms with E-state index in [4.69, 9.17) is 15.4 Å². The number of hydrogen-bond donors (Lipinski definition) is 0. The van der Waals surface area contributed by atoms with E-state index in [0.717, 1.165) is 23.9 Å². The summed E-state index contributed by atoms with van der Waals surface area (Å²) in [4.78, 5) is 0. The molecule has 0 aromatic heterocycles. The molecular formula is C20H44O5Sn2. The predicted octanol–water partition coefficient (Wildman–Crippen LogP) is 5.52. The summed E-state index contributed by atoms with van der Waals surface area (Å²) < 4.78 is 32.1. The molecule has 0 saturated heterocycles. The number of rotatable bonds is 10. The van der Waals surface area contributed by atoms with Crippen LogP contribution in [-0.4, -0.2) is 70.6 Å². The Bertz CT molecular complexity index is 373. The predicted molar refractivity (Wildman–Crippen MR) is 115 cm³/mol. The van der Waals surface area contributed by atoms with Gasteiger partial charge in [-0.15, -0.1) is 0 Å². The van der Waals surface area contributed by atoms with E-state index in [0.29, 0.717) is 0 Å². The average Bonchev–Trinajstić information content (AvgIpc) is 2.29. The molecule has 0 N–H and O–H groups in total. The fourth-order valence-corrected chi connectivity index (χ4v) is 15.0. The Morgan fingerprint density at radius 1 is 0.593 bits per heavy atom. The van der Waals surface area contributed by atoms with Crippen molar-refractivity contribution in [2.45, 2.75) is 123 Å². The maximum absolute atomic E-state index is 6.56. The van der Waals surface area contributed by atoms with Gasteiger partial charge in [-0.05, 0) is 0 Å². The Morgan fingerprint density at radius 2 is 1.00 bits per heavy atom.